The molecule has 0 aliphatic carbocycles. The number of hydrogen-bond acceptors (Lipinski definition) is 11. The molecule has 48 heavy (non-hydrogen) atoms. The first-order valence-corrected chi connectivity index (χ1v) is 15.9. The standard InChI is InChI=1S/C36H51N5O7/c1-34(2,3)46-22-28(31(42)47-35(4,5)6)38-20-23-13-12-14-24(17-23)27-15-16-37-32(41-27)40-26-18-25(30(45-11)29(19-26)44-10)21-39-33(43)48-36(7,8)9/h12-19,28,38H,20-22H2,1-11H3,(H,39,43)(H,37,40,41). The monoisotopic (exact) mass is 665 g/mol. The van der Waals surface area contributed by atoms with Gasteiger partial charge in [0.05, 0.1) is 32.1 Å². The number of ether oxygens (including phenoxy) is 5. The molecule has 12 nitrogen and oxygen atoms in total. The van der Waals surface area contributed by atoms with Gasteiger partial charge in [-0.15, -0.1) is 0 Å². The van der Waals surface area contributed by atoms with Gasteiger partial charge in [0.2, 0.25) is 5.95 Å². The van der Waals surface area contributed by atoms with Gasteiger partial charge in [-0.1, -0.05) is 18.2 Å². The highest BCUT2D eigenvalue weighted by Crippen LogP contribution is 2.35. The minimum absolute atomic E-state index is 0.142. The summed E-state index contributed by atoms with van der Waals surface area (Å²) in [5.41, 5.74) is 2.16. The van der Waals surface area contributed by atoms with Crippen LogP contribution in [0.15, 0.2) is 48.7 Å². The van der Waals surface area contributed by atoms with Gasteiger partial charge < -0.3 is 34.3 Å². The lowest BCUT2D eigenvalue weighted by Gasteiger charge is -2.27. The zero-order valence-corrected chi connectivity index (χ0v) is 30.1. The first kappa shape index (κ1) is 38.0. The third-order valence-electron chi connectivity index (χ3n) is 6.44. The summed E-state index contributed by atoms with van der Waals surface area (Å²) >= 11 is 0. The van der Waals surface area contributed by atoms with E-state index in [-0.39, 0.29) is 19.1 Å². The molecule has 0 saturated carbocycles. The van der Waals surface area contributed by atoms with Crippen LogP contribution >= 0.6 is 0 Å². The fourth-order valence-corrected chi connectivity index (χ4v) is 4.44. The van der Waals surface area contributed by atoms with E-state index in [1.54, 1.807) is 40.1 Å². The Labute approximate surface area is 284 Å². The second-order valence-electron chi connectivity index (χ2n) is 14.2. The number of alkyl carbamates (subject to hydrolysis) is 1. The summed E-state index contributed by atoms with van der Waals surface area (Å²) in [7, 11) is 3.08. The number of anilines is 2. The van der Waals surface area contributed by atoms with Gasteiger partial charge in [0.15, 0.2) is 11.5 Å². The zero-order chi connectivity index (χ0) is 35.7. The Balaban J connectivity index is 1.79. The highest BCUT2D eigenvalue weighted by molar-refractivity contribution is 5.76. The molecule has 262 valence electrons. The number of rotatable bonds is 13. The SMILES string of the molecule is COc1cc(Nc2nccc(-c3cccc(CNC(COC(C)(C)C)C(=O)OC(C)(C)C)c3)n2)cc(CNC(=O)OC(C)(C)C)c1OC. The van der Waals surface area contributed by atoms with Gasteiger partial charge >= 0.3 is 12.1 Å². The summed E-state index contributed by atoms with van der Waals surface area (Å²) in [6.45, 7) is 17.5. The smallest absolute Gasteiger partial charge is 0.407 e. The van der Waals surface area contributed by atoms with Crippen molar-refractivity contribution in [2.75, 3.05) is 26.1 Å². The van der Waals surface area contributed by atoms with Crippen LogP contribution in [-0.4, -0.2) is 65.7 Å². The van der Waals surface area contributed by atoms with Crippen molar-refractivity contribution in [1.82, 2.24) is 20.6 Å². The predicted octanol–water partition coefficient (Wildman–Crippen LogP) is 6.54. The number of nitrogens with one attached hydrogen (secondary N) is 3. The Bertz CT molecular complexity index is 1540. The number of hydrogen-bond donors (Lipinski definition) is 3. The van der Waals surface area contributed by atoms with E-state index in [1.165, 1.54) is 7.11 Å². The number of carbonyl (C=O) groups is 2. The molecular weight excluding hydrogens is 614 g/mol. The minimum atomic E-state index is -0.646. The van der Waals surface area contributed by atoms with E-state index in [9.17, 15) is 9.59 Å². The lowest BCUT2D eigenvalue weighted by atomic mass is 10.1. The van der Waals surface area contributed by atoms with Crippen LogP contribution in [0.3, 0.4) is 0 Å². The maximum absolute atomic E-state index is 13.0. The van der Waals surface area contributed by atoms with Crippen LogP contribution in [0.4, 0.5) is 16.4 Å². The van der Waals surface area contributed by atoms with Gasteiger partial charge in [-0.05, 0) is 86.1 Å². The summed E-state index contributed by atoms with van der Waals surface area (Å²) in [6, 6.07) is 12.6. The Kier molecular flexibility index (Phi) is 12.8. The Hall–Kier alpha value is -4.42. The van der Waals surface area contributed by atoms with Crippen LogP contribution in [0.1, 0.15) is 73.4 Å². The molecule has 3 N–H and O–H groups in total. The van der Waals surface area contributed by atoms with E-state index < -0.39 is 28.9 Å². The molecule has 0 bridgehead atoms. The molecule has 1 unspecified atom stereocenters. The molecule has 1 amide bonds. The first-order chi connectivity index (χ1) is 22.4. The quantitative estimate of drug-likeness (QED) is 0.171. The maximum atomic E-state index is 13.0. The maximum Gasteiger partial charge on any atom is 0.407 e. The van der Waals surface area contributed by atoms with E-state index >= 15 is 0 Å². The number of nitrogens with zero attached hydrogens (tertiary/aromatic N) is 2. The average molecular weight is 666 g/mol. The van der Waals surface area contributed by atoms with Gasteiger partial charge in [-0.3, -0.25) is 10.1 Å². The second kappa shape index (κ2) is 16.1. The van der Waals surface area contributed by atoms with Gasteiger partial charge in [0.25, 0.3) is 0 Å². The number of carbonyl (C=O) groups excluding carboxylic acids is 2. The lowest BCUT2D eigenvalue weighted by Crippen LogP contribution is -2.45. The van der Waals surface area contributed by atoms with Crippen molar-refractivity contribution in [2.45, 2.75) is 98.2 Å². The highest BCUT2D eigenvalue weighted by atomic mass is 16.6. The predicted molar refractivity (Wildman–Crippen MR) is 186 cm³/mol. The van der Waals surface area contributed by atoms with Crippen molar-refractivity contribution in [2.24, 2.45) is 0 Å². The zero-order valence-electron chi connectivity index (χ0n) is 30.1. The van der Waals surface area contributed by atoms with E-state index in [0.717, 1.165) is 11.1 Å². The van der Waals surface area contributed by atoms with Crippen LogP contribution in [0.2, 0.25) is 0 Å². The lowest BCUT2D eigenvalue weighted by molar-refractivity contribution is -0.160. The number of esters is 1. The van der Waals surface area contributed by atoms with Crippen LogP contribution in [0.25, 0.3) is 11.3 Å². The molecule has 1 atom stereocenters. The summed E-state index contributed by atoms with van der Waals surface area (Å²) in [6.07, 6.45) is 1.12. The molecule has 1 heterocycles. The van der Waals surface area contributed by atoms with E-state index in [1.807, 2.05) is 77.9 Å². The van der Waals surface area contributed by atoms with E-state index in [0.29, 0.717) is 40.9 Å². The van der Waals surface area contributed by atoms with Crippen molar-refractivity contribution in [3.8, 4) is 22.8 Å². The normalized spacial score (nSPS) is 12.6. The van der Waals surface area contributed by atoms with Crippen LogP contribution in [0.5, 0.6) is 11.5 Å². The average Bonchev–Trinajstić information content (AvgIpc) is 2.97. The molecule has 3 aromatic rings. The van der Waals surface area contributed by atoms with Gasteiger partial charge in [0.1, 0.15) is 17.2 Å². The molecule has 0 saturated heterocycles. The Morgan fingerprint density at radius 2 is 1.54 bits per heavy atom. The fraction of sp³-hybridized carbons (Fsp3) is 0.500. The van der Waals surface area contributed by atoms with Crippen molar-refractivity contribution in [3.05, 3.63) is 59.8 Å². The van der Waals surface area contributed by atoms with Crippen LogP contribution < -0.4 is 25.4 Å². The Morgan fingerprint density at radius 3 is 2.17 bits per heavy atom. The molecule has 12 heteroatoms. The minimum Gasteiger partial charge on any atom is -0.493 e. The largest absolute Gasteiger partial charge is 0.493 e. The van der Waals surface area contributed by atoms with Gasteiger partial charge in [-0.2, -0.15) is 0 Å². The topological polar surface area (TPSA) is 142 Å². The third kappa shape index (κ3) is 12.6. The molecule has 1 aromatic heterocycles. The molecule has 3 rings (SSSR count). The molecule has 0 radical (unpaired) electrons. The van der Waals surface area contributed by atoms with E-state index in [2.05, 4.69) is 20.9 Å². The summed E-state index contributed by atoms with van der Waals surface area (Å²) < 4.78 is 28.1. The third-order valence-corrected chi connectivity index (χ3v) is 6.44. The van der Waals surface area contributed by atoms with Crippen molar-refractivity contribution in [1.29, 1.82) is 0 Å². The number of methoxy groups -OCH3 is 2. The molecule has 2 aromatic carbocycles. The number of aromatic nitrogens is 2. The highest BCUT2D eigenvalue weighted by Gasteiger charge is 2.27. The summed E-state index contributed by atoms with van der Waals surface area (Å²) in [5.74, 6) is 0.947. The van der Waals surface area contributed by atoms with Gasteiger partial charge in [-0.25, -0.2) is 14.8 Å². The molecule has 0 aliphatic rings. The van der Waals surface area contributed by atoms with Crippen molar-refractivity contribution >= 4 is 23.7 Å². The van der Waals surface area contributed by atoms with Crippen molar-refractivity contribution in [3.63, 3.8) is 0 Å². The molecule has 0 fully saturated rings. The van der Waals surface area contributed by atoms with E-state index in [4.69, 9.17) is 28.7 Å². The number of benzene rings is 2. The number of amides is 1. The van der Waals surface area contributed by atoms with Crippen LogP contribution in [-0.2, 0) is 32.1 Å². The fourth-order valence-electron chi connectivity index (χ4n) is 4.44. The second-order valence-corrected chi connectivity index (χ2v) is 14.2. The summed E-state index contributed by atoms with van der Waals surface area (Å²) in [4.78, 5) is 34.4. The Morgan fingerprint density at radius 1 is 0.833 bits per heavy atom. The molecule has 0 spiro atoms. The molecule has 0 aliphatic heterocycles. The summed E-state index contributed by atoms with van der Waals surface area (Å²) in [5, 5.41) is 9.31. The molecular formula is C36H51N5O7. The van der Waals surface area contributed by atoms with Crippen LogP contribution in [0, 0.1) is 0 Å². The van der Waals surface area contributed by atoms with Crippen molar-refractivity contribution < 1.29 is 33.3 Å². The van der Waals surface area contributed by atoms with Gasteiger partial charge in [0, 0.05) is 42.2 Å². The first-order valence-electron chi connectivity index (χ1n) is 15.9.